The Bertz CT molecular complexity index is 938. The van der Waals surface area contributed by atoms with Crippen LogP contribution in [0.25, 0.3) is 22.0 Å². The van der Waals surface area contributed by atoms with Crippen molar-refractivity contribution >= 4 is 22.0 Å². The van der Waals surface area contributed by atoms with Gasteiger partial charge in [0.25, 0.3) is 0 Å². The summed E-state index contributed by atoms with van der Waals surface area (Å²) in [6.07, 6.45) is 1.78. The van der Waals surface area contributed by atoms with E-state index in [2.05, 4.69) is 4.98 Å². The van der Waals surface area contributed by atoms with Crippen molar-refractivity contribution < 1.29 is 23.7 Å². The number of nitrogens with zero attached hydrogens (tertiary/aromatic N) is 1. The molecule has 3 aromatic rings. The first-order valence-electron chi connectivity index (χ1n) is 7.78. The van der Waals surface area contributed by atoms with Crippen LogP contribution in [-0.2, 0) is 6.42 Å². The molecule has 1 atom stereocenters. The van der Waals surface area contributed by atoms with Crippen LogP contribution in [-0.4, -0.2) is 36.0 Å². The Labute approximate surface area is 138 Å². The first-order chi connectivity index (χ1) is 11.4. The number of fused-ring (bicyclic) bond motifs is 4. The predicted octanol–water partition coefficient (Wildman–Crippen LogP) is 3.07. The van der Waals surface area contributed by atoms with Gasteiger partial charge in [-0.15, -0.1) is 0 Å². The van der Waals surface area contributed by atoms with Crippen LogP contribution in [0.3, 0.4) is 0 Å². The average Bonchev–Trinajstić information content (AvgIpc) is 3.17. The van der Waals surface area contributed by atoms with Crippen molar-refractivity contribution in [1.29, 1.82) is 0 Å². The predicted molar refractivity (Wildman–Crippen MR) is 89.0 cm³/mol. The van der Waals surface area contributed by atoms with Crippen molar-refractivity contribution in [2.24, 2.45) is 0 Å². The number of hydrogen-bond donors (Lipinski definition) is 1. The minimum absolute atomic E-state index is 0.364. The van der Waals surface area contributed by atoms with Gasteiger partial charge in [-0.2, -0.15) is 0 Å². The third kappa shape index (κ3) is 2.03. The molecule has 1 aliphatic rings. The highest BCUT2D eigenvalue weighted by Gasteiger charge is 2.38. The van der Waals surface area contributed by atoms with Crippen molar-refractivity contribution in [1.82, 2.24) is 4.98 Å². The largest absolute Gasteiger partial charge is 0.495 e. The minimum Gasteiger partial charge on any atom is -0.495 e. The summed E-state index contributed by atoms with van der Waals surface area (Å²) < 4.78 is 22.6. The number of ether oxygens (including phenoxy) is 3. The van der Waals surface area contributed by atoms with E-state index >= 15 is 0 Å². The molecule has 1 aromatic carbocycles. The standard InChI is InChI=1S/C18H19NO5/c1-18(2,20)13-7-10-14-11(8-12(21-3)15(10)24-13)19-17-9(5-6-23-17)16(14)22-4/h5-6,8,13,20H,7H2,1-4H3. The van der Waals surface area contributed by atoms with Gasteiger partial charge in [-0.25, -0.2) is 4.98 Å². The van der Waals surface area contributed by atoms with Crippen molar-refractivity contribution in [3.8, 4) is 17.2 Å². The highest BCUT2D eigenvalue weighted by atomic mass is 16.5. The second kappa shape index (κ2) is 5.01. The van der Waals surface area contributed by atoms with Crippen LogP contribution < -0.4 is 14.2 Å². The van der Waals surface area contributed by atoms with Gasteiger partial charge in [0.1, 0.15) is 11.9 Å². The second-order valence-corrected chi connectivity index (χ2v) is 6.53. The average molecular weight is 329 g/mol. The van der Waals surface area contributed by atoms with Crippen molar-refractivity contribution in [3.05, 3.63) is 24.0 Å². The lowest BCUT2D eigenvalue weighted by Gasteiger charge is -2.24. The number of hydrogen-bond acceptors (Lipinski definition) is 6. The minimum atomic E-state index is -0.975. The lowest BCUT2D eigenvalue weighted by atomic mass is 9.94. The maximum absolute atomic E-state index is 10.4. The van der Waals surface area contributed by atoms with Crippen LogP contribution >= 0.6 is 0 Å². The normalized spacial score (nSPS) is 17.1. The summed E-state index contributed by atoms with van der Waals surface area (Å²) in [6.45, 7) is 3.48. The fraction of sp³-hybridized carbons (Fsp3) is 0.389. The molecule has 0 amide bonds. The zero-order chi connectivity index (χ0) is 17.1. The maximum atomic E-state index is 10.4. The van der Waals surface area contributed by atoms with Gasteiger partial charge in [0.15, 0.2) is 11.5 Å². The molecule has 6 nitrogen and oxygen atoms in total. The van der Waals surface area contributed by atoms with Gasteiger partial charge in [-0.05, 0) is 19.9 Å². The van der Waals surface area contributed by atoms with Crippen LogP contribution in [0, 0.1) is 0 Å². The van der Waals surface area contributed by atoms with Gasteiger partial charge in [0, 0.05) is 18.1 Å². The number of rotatable bonds is 3. The second-order valence-electron chi connectivity index (χ2n) is 6.53. The van der Waals surface area contributed by atoms with Crippen LogP contribution in [0.5, 0.6) is 17.2 Å². The molecule has 0 fully saturated rings. The lowest BCUT2D eigenvalue weighted by Crippen LogP contribution is -2.39. The van der Waals surface area contributed by atoms with Gasteiger partial charge < -0.3 is 23.7 Å². The first-order valence-corrected chi connectivity index (χ1v) is 7.78. The molecule has 24 heavy (non-hydrogen) atoms. The molecule has 1 unspecified atom stereocenters. The zero-order valence-corrected chi connectivity index (χ0v) is 14.0. The summed E-state index contributed by atoms with van der Waals surface area (Å²) in [4.78, 5) is 4.57. The van der Waals surface area contributed by atoms with Gasteiger partial charge in [0.2, 0.25) is 5.71 Å². The first kappa shape index (κ1) is 15.1. The topological polar surface area (TPSA) is 74.0 Å². The van der Waals surface area contributed by atoms with E-state index in [-0.39, 0.29) is 6.10 Å². The number of benzene rings is 1. The molecule has 2 aromatic heterocycles. The smallest absolute Gasteiger partial charge is 0.230 e. The van der Waals surface area contributed by atoms with E-state index in [4.69, 9.17) is 18.6 Å². The summed E-state index contributed by atoms with van der Waals surface area (Å²) in [5.74, 6) is 1.92. The Hall–Kier alpha value is -2.47. The summed E-state index contributed by atoms with van der Waals surface area (Å²) in [6, 6.07) is 3.64. The number of aliphatic hydroxyl groups is 1. The van der Waals surface area contributed by atoms with E-state index < -0.39 is 5.60 Å². The van der Waals surface area contributed by atoms with E-state index in [0.717, 1.165) is 16.3 Å². The Morgan fingerprint density at radius 3 is 2.75 bits per heavy atom. The molecule has 0 aliphatic carbocycles. The van der Waals surface area contributed by atoms with Crippen LogP contribution in [0.2, 0.25) is 0 Å². The molecule has 1 N–H and O–H groups in total. The van der Waals surface area contributed by atoms with Gasteiger partial charge in [-0.3, -0.25) is 0 Å². The molecule has 4 rings (SSSR count). The van der Waals surface area contributed by atoms with Crippen molar-refractivity contribution in [2.45, 2.75) is 32.0 Å². The Morgan fingerprint density at radius 2 is 2.08 bits per heavy atom. The summed E-state index contributed by atoms with van der Waals surface area (Å²) in [7, 11) is 3.21. The van der Waals surface area contributed by atoms with E-state index in [1.807, 2.05) is 12.1 Å². The maximum Gasteiger partial charge on any atom is 0.230 e. The molecular weight excluding hydrogens is 310 g/mol. The quantitative estimate of drug-likeness (QED) is 0.796. The molecule has 126 valence electrons. The zero-order valence-electron chi connectivity index (χ0n) is 14.0. The van der Waals surface area contributed by atoms with Crippen LogP contribution in [0.1, 0.15) is 19.4 Å². The fourth-order valence-electron chi connectivity index (χ4n) is 3.28. The molecule has 1 aliphatic heterocycles. The van der Waals surface area contributed by atoms with Crippen molar-refractivity contribution in [2.75, 3.05) is 14.2 Å². The fourth-order valence-corrected chi connectivity index (χ4v) is 3.28. The Balaban J connectivity index is 2.06. The Kier molecular flexibility index (Phi) is 3.15. The molecular formula is C18H19NO5. The van der Waals surface area contributed by atoms with Crippen molar-refractivity contribution in [3.63, 3.8) is 0 Å². The van der Waals surface area contributed by atoms with E-state index in [9.17, 15) is 5.11 Å². The van der Waals surface area contributed by atoms with E-state index in [1.165, 1.54) is 0 Å². The van der Waals surface area contributed by atoms with Crippen LogP contribution in [0.15, 0.2) is 22.8 Å². The summed E-state index contributed by atoms with van der Waals surface area (Å²) in [5, 5.41) is 12.0. The molecule has 0 saturated heterocycles. The van der Waals surface area contributed by atoms with Gasteiger partial charge >= 0.3 is 0 Å². The van der Waals surface area contributed by atoms with E-state index in [0.29, 0.717) is 34.9 Å². The van der Waals surface area contributed by atoms with Gasteiger partial charge in [0.05, 0.1) is 42.4 Å². The summed E-state index contributed by atoms with van der Waals surface area (Å²) in [5.41, 5.74) is 1.18. The number of methoxy groups -OCH3 is 2. The molecule has 6 heteroatoms. The molecule has 3 heterocycles. The number of furan rings is 1. The molecule has 0 radical (unpaired) electrons. The summed E-state index contributed by atoms with van der Waals surface area (Å²) >= 11 is 0. The third-order valence-electron chi connectivity index (χ3n) is 4.52. The highest BCUT2D eigenvalue weighted by molar-refractivity contribution is 6.03. The third-order valence-corrected chi connectivity index (χ3v) is 4.52. The SMILES string of the molecule is COc1cc2nc3occc3c(OC)c2c2c1OC(C(C)(C)O)C2. The monoisotopic (exact) mass is 329 g/mol. The number of pyridine rings is 1. The molecule has 0 bridgehead atoms. The van der Waals surface area contributed by atoms with Crippen LogP contribution in [0.4, 0.5) is 0 Å². The highest BCUT2D eigenvalue weighted by Crippen LogP contribution is 2.48. The lowest BCUT2D eigenvalue weighted by molar-refractivity contribution is -0.0235. The molecule has 0 spiro atoms. The number of aromatic nitrogens is 1. The van der Waals surface area contributed by atoms with Gasteiger partial charge in [-0.1, -0.05) is 0 Å². The molecule has 0 saturated carbocycles. The van der Waals surface area contributed by atoms with E-state index in [1.54, 1.807) is 34.3 Å². The Morgan fingerprint density at radius 1 is 1.29 bits per heavy atom.